The van der Waals surface area contributed by atoms with Gasteiger partial charge in [-0.2, -0.15) is 0 Å². The Balaban J connectivity index is 2.10. The van der Waals surface area contributed by atoms with Crippen molar-refractivity contribution >= 4 is 34.2 Å². The molecule has 0 radical (unpaired) electrons. The molecule has 1 aliphatic rings. The van der Waals surface area contributed by atoms with Gasteiger partial charge in [0.2, 0.25) is 0 Å². The summed E-state index contributed by atoms with van der Waals surface area (Å²) in [4.78, 5) is 15.2. The lowest BCUT2D eigenvalue weighted by Gasteiger charge is -2.29. The summed E-state index contributed by atoms with van der Waals surface area (Å²) in [5, 5.41) is 0.605. The van der Waals surface area contributed by atoms with E-state index in [1.807, 2.05) is 34.9 Å². The van der Waals surface area contributed by atoms with E-state index in [1.165, 1.54) is 6.07 Å². The second-order valence-electron chi connectivity index (χ2n) is 6.89. The van der Waals surface area contributed by atoms with Crippen molar-refractivity contribution in [3.05, 3.63) is 59.0 Å². The van der Waals surface area contributed by atoms with Crippen molar-refractivity contribution in [2.75, 3.05) is 24.6 Å². The number of hydrogen-bond donors (Lipinski definition) is 0. The third-order valence-electron chi connectivity index (χ3n) is 5.15. The Morgan fingerprint density at radius 3 is 2.50 bits per heavy atom. The van der Waals surface area contributed by atoms with E-state index >= 15 is 0 Å². The van der Waals surface area contributed by atoms with Crippen molar-refractivity contribution < 1.29 is 13.9 Å². The molecule has 28 heavy (non-hydrogen) atoms. The number of aromatic nitrogens is 1. The highest BCUT2D eigenvalue weighted by atomic mass is 35.5. The zero-order valence-corrected chi connectivity index (χ0v) is 16.5. The van der Waals surface area contributed by atoms with Gasteiger partial charge in [-0.3, -0.25) is 0 Å². The fraction of sp³-hybridized carbons (Fsp3) is 0.318. The molecule has 0 atom stereocenters. The van der Waals surface area contributed by atoms with Crippen LogP contribution in [-0.4, -0.2) is 30.2 Å². The number of carbonyl (C=O) groups excluding carboxylic acids is 1. The zero-order chi connectivity index (χ0) is 19.7. The van der Waals surface area contributed by atoms with E-state index in [9.17, 15) is 9.18 Å². The quantitative estimate of drug-likeness (QED) is 0.535. The number of nitrogens with zero attached hydrogens (tertiary/aromatic N) is 2. The summed E-state index contributed by atoms with van der Waals surface area (Å²) in [7, 11) is 0. The highest BCUT2D eigenvalue weighted by Gasteiger charge is 2.31. The highest BCUT2D eigenvalue weighted by molar-refractivity contribution is 6.37. The minimum absolute atomic E-state index is 0.0401. The lowest BCUT2D eigenvalue weighted by atomic mass is 10.1. The molecule has 0 spiro atoms. The molecule has 3 aromatic rings. The molecule has 1 fully saturated rings. The van der Waals surface area contributed by atoms with Gasteiger partial charge in [-0.05, 0) is 50.5 Å². The SMILES string of the molecule is CCOC(=O)c1c(N2CCCCC2)c2c(Cl)c(F)ccc2n1-c1ccccc1. The second-order valence-corrected chi connectivity index (χ2v) is 7.27. The summed E-state index contributed by atoms with van der Waals surface area (Å²) < 4.78 is 21.6. The predicted molar refractivity (Wildman–Crippen MR) is 110 cm³/mol. The van der Waals surface area contributed by atoms with Crippen LogP contribution in [0.25, 0.3) is 16.6 Å². The molecule has 0 N–H and O–H groups in total. The summed E-state index contributed by atoms with van der Waals surface area (Å²) in [5.74, 6) is -0.923. The maximum Gasteiger partial charge on any atom is 0.357 e. The van der Waals surface area contributed by atoms with E-state index in [1.54, 1.807) is 13.0 Å². The van der Waals surface area contributed by atoms with Crippen LogP contribution in [0.2, 0.25) is 5.02 Å². The Morgan fingerprint density at radius 1 is 1.11 bits per heavy atom. The fourth-order valence-corrected chi connectivity index (χ4v) is 4.20. The van der Waals surface area contributed by atoms with Gasteiger partial charge in [-0.25, -0.2) is 9.18 Å². The smallest absolute Gasteiger partial charge is 0.357 e. The zero-order valence-electron chi connectivity index (χ0n) is 15.8. The standard InChI is InChI=1S/C22H22ClFN2O2/c1-2-28-22(27)21-20(25-13-7-4-8-14-25)18-17(12-11-16(24)19(18)23)26(21)15-9-5-3-6-10-15/h3,5-6,9-12H,2,4,7-8,13-14H2,1H3. The summed E-state index contributed by atoms with van der Waals surface area (Å²) in [6, 6.07) is 12.6. The van der Waals surface area contributed by atoms with Crippen LogP contribution in [0.4, 0.5) is 10.1 Å². The van der Waals surface area contributed by atoms with Crippen LogP contribution in [0.15, 0.2) is 42.5 Å². The van der Waals surface area contributed by atoms with Crippen LogP contribution < -0.4 is 4.90 Å². The molecule has 6 heteroatoms. The van der Waals surface area contributed by atoms with E-state index in [-0.39, 0.29) is 11.6 Å². The third kappa shape index (κ3) is 3.14. The summed E-state index contributed by atoms with van der Waals surface area (Å²) in [5.41, 5.74) is 2.57. The van der Waals surface area contributed by atoms with Gasteiger partial charge in [0.25, 0.3) is 0 Å². The van der Waals surface area contributed by atoms with Gasteiger partial charge in [0.05, 0.1) is 22.8 Å². The molecule has 1 saturated heterocycles. The Kier molecular flexibility index (Phi) is 5.27. The molecule has 146 valence electrons. The van der Waals surface area contributed by atoms with Crippen LogP contribution in [0, 0.1) is 5.82 Å². The maximum atomic E-state index is 14.4. The van der Waals surface area contributed by atoms with Gasteiger partial charge >= 0.3 is 5.97 Å². The molecule has 2 aromatic carbocycles. The van der Waals surface area contributed by atoms with Gasteiger partial charge in [0, 0.05) is 24.2 Å². The van der Waals surface area contributed by atoms with Crippen molar-refractivity contribution in [1.29, 1.82) is 0 Å². The monoisotopic (exact) mass is 400 g/mol. The van der Waals surface area contributed by atoms with Gasteiger partial charge in [-0.1, -0.05) is 29.8 Å². The van der Waals surface area contributed by atoms with Crippen LogP contribution in [-0.2, 0) is 4.74 Å². The number of hydrogen-bond acceptors (Lipinski definition) is 3. The molecule has 1 aliphatic heterocycles. The number of carbonyl (C=O) groups is 1. The van der Waals surface area contributed by atoms with Crippen molar-refractivity contribution in [2.24, 2.45) is 0 Å². The van der Waals surface area contributed by atoms with Crippen molar-refractivity contribution in [2.45, 2.75) is 26.2 Å². The first kappa shape index (κ1) is 18.8. The number of halogens is 2. The number of esters is 1. The Hall–Kier alpha value is -2.53. The Bertz CT molecular complexity index is 1010. The van der Waals surface area contributed by atoms with Gasteiger partial charge in [-0.15, -0.1) is 0 Å². The molecule has 0 unspecified atom stereocenters. The molecule has 0 bridgehead atoms. The van der Waals surface area contributed by atoms with E-state index in [2.05, 4.69) is 4.90 Å². The molecule has 2 heterocycles. The highest BCUT2D eigenvalue weighted by Crippen LogP contribution is 2.42. The normalized spacial score (nSPS) is 14.5. The van der Waals surface area contributed by atoms with Crippen LogP contribution in [0.5, 0.6) is 0 Å². The number of fused-ring (bicyclic) bond motifs is 1. The van der Waals surface area contributed by atoms with Crippen molar-refractivity contribution in [1.82, 2.24) is 4.57 Å². The number of ether oxygens (including phenoxy) is 1. The number of para-hydroxylation sites is 1. The van der Waals surface area contributed by atoms with Crippen LogP contribution in [0.3, 0.4) is 0 Å². The topological polar surface area (TPSA) is 34.5 Å². The fourth-order valence-electron chi connectivity index (χ4n) is 3.95. The molecule has 4 rings (SSSR count). The lowest BCUT2D eigenvalue weighted by Crippen LogP contribution is -2.31. The molecule has 1 aromatic heterocycles. The Morgan fingerprint density at radius 2 is 1.82 bits per heavy atom. The maximum absolute atomic E-state index is 14.4. The third-order valence-corrected chi connectivity index (χ3v) is 5.52. The molecule has 0 aliphatic carbocycles. The largest absolute Gasteiger partial charge is 0.461 e. The molecule has 0 saturated carbocycles. The molecule has 4 nitrogen and oxygen atoms in total. The molecular formula is C22H22ClFN2O2. The first-order valence-electron chi connectivity index (χ1n) is 9.63. The number of rotatable bonds is 4. The summed E-state index contributed by atoms with van der Waals surface area (Å²) >= 11 is 6.44. The van der Waals surface area contributed by atoms with Crippen LogP contribution >= 0.6 is 11.6 Å². The Labute approximate surface area is 168 Å². The minimum Gasteiger partial charge on any atom is -0.461 e. The van der Waals surface area contributed by atoms with Crippen molar-refractivity contribution in [3.63, 3.8) is 0 Å². The lowest BCUT2D eigenvalue weighted by molar-refractivity contribution is 0.0518. The van der Waals surface area contributed by atoms with E-state index in [0.29, 0.717) is 22.3 Å². The average Bonchev–Trinajstić information content (AvgIpc) is 3.08. The average molecular weight is 401 g/mol. The number of piperidine rings is 1. The van der Waals surface area contributed by atoms with Gasteiger partial charge < -0.3 is 14.2 Å². The second kappa shape index (κ2) is 7.84. The van der Waals surface area contributed by atoms with E-state index in [4.69, 9.17) is 16.3 Å². The van der Waals surface area contributed by atoms with Crippen molar-refractivity contribution in [3.8, 4) is 5.69 Å². The predicted octanol–water partition coefficient (Wildman–Crippen LogP) is 5.59. The molecule has 0 amide bonds. The molecular weight excluding hydrogens is 379 g/mol. The van der Waals surface area contributed by atoms with Crippen LogP contribution in [0.1, 0.15) is 36.7 Å². The van der Waals surface area contributed by atoms with E-state index in [0.717, 1.165) is 38.0 Å². The minimum atomic E-state index is -0.493. The van der Waals surface area contributed by atoms with Gasteiger partial charge in [0.1, 0.15) is 5.82 Å². The summed E-state index contributed by atoms with van der Waals surface area (Å²) in [6.07, 6.45) is 3.19. The van der Waals surface area contributed by atoms with Gasteiger partial charge in [0.15, 0.2) is 5.69 Å². The first-order valence-corrected chi connectivity index (χ1v) is 10.0. The number of benzene rings is 2. The first-order chi connectivity index (χ1) is 13.6. The number of anilines is 1. The summed E-state index contributed by atoms with van der Waals surface area (Å²) in [6.45, 7) is 3.64. The van der Waals surface area contributed by atoms with E-state index < -0.39 is 11.8 Å².